The zero-order valence-corrected chi connectivity index (χ0v) is 9.62. The Morgan fingerprint density at radius 3 is 2.73 bits per heavy atom. The van der Waals surface area contributed by atoms with Gasteiger partial charge in [-0.2, -0.15) is 0 Å². The van der Waals surface area contributed by atoms with Crippen molar-refractivity contribution in [3.63, 3.8) is 0 Å². The van der Waals surface area contributed by atoms with Gasteiger partial charge in [-0.3, -0.25) is 0 Å². The number of anilines is 1. The Balaban J connectivity index is 2.22. The fourth-order valence-electron chi connectivity index (χ4n) is 1.71. The van der Waals surface area contributed by atoms with Gasteiger partial charge >= 0.3 is 0 Å². The first-order chi connectivity index (χ1) is 7.20. The number of rotatable bonds is 3. The molecular formula is C11H18N4. The Kier molecular flexibility index (Phi) is 2.86. The molecule has 0 saturated carbocycles. The molecule has 0 unspecified atom stereocenters. The number of aryl methyl sites for hydroxylation is 2. The Hall–Kier alpha value is -1.16. The summed E-state index contributed by atoms with van der Waals surface area (Å²) in [6.07, 6.45) is 0.965. The van der Waals surface area contributed by atoms with Crippen LogP contribution in [0.25, 0.3) is 0 Å². The highest BCUT2D eigenvalue weighted by Gasteiger charge is 2.22. The molecule has 0 atom stereocenters. The highest BCUT2D eigenvalue weighted by molar-refractivity contribution is 5.41. The molecule has 1 aromatic rings. The first-order valence-electron chi connectivity index (χ1n) is 5.49. The summed E-state index contributed by atoms with van der Waals surface area (Å²) in [6, 6.07) is 2.68. The highest BCUT2D eigenvalue weighted by Crippen LogP contribution is 2.15. The van der Waals surface area contributed by atoms with Crippen LogP contribution in [0.2, 0.25) is 0 Å². The van der Waals surface area contributed by atoms with Gasteiger partial charge in [-0.15, -0.1) is 0 Å². The van der Waals surface area contributed by atoms with Crippen LogP contribution in [0.5, 0.6) is 0 Å². The SMILES string of the molecule is CCc1cc(N(C)C2CNC2)nc(C)n1. The Bertz CT molecular complexity index is 346. The maximum atomic E-state index is 4.47. The van der Waals surface area contributed by atoms with Gasteiger partial charge in [0.25, 0.3) is 0 Å². The van der Waals surface area contributed by atoms with Gasteiger partial charge in [0.1, 0.15) is 11.6 Å². The van der Waals surface area contributed by atoms with Gasteiger partial charge in [0.15, 0.2) is 0 Å². The molecule has 2 heterocycles. The van der Waals surface area contributed by atoms with Gasteiger partial charge in [0.2, 0.25) is 0 Å². The fraction of sp³-hybridized carbons (Fsp3) is 0.636. The van der Waals surface area contributed by atoms with Crippen molar-refractivity contribution in [1.29, 1.82) is 0 Å². The second kappa shape index (κ2) is 4.14. The smallest absolute Gasteiger partial charge is 0.132 e. The summed E-state index contributed by atoms with van der Waals surface area (Å²) in [5.74, 6) is 1.91. The minimum absolute atomic E-state index is 0.587. The molecule has 1 saturated heterocycles. The summed E-state index contributed by atoms with van der Waals surface area (Å²) < 4.78 is 0. The zero-order valence-electron chi connectivity index (χ0n) is 9.62. The molecule has 1 N–H and O–H groups in total. The van der Waals surface area contributed by atoms with Crippen LogP contribution in [0.4, 0.5) is 5.82 Å². The number of hydrogen-bond donors (Lipinski definition) is 1. The maximum Gasteiger partial charge on any atom is 0.132 e. The first-order valence-corrected chi connectivity index (χ1v) is 5.49. The topological polar surface area (TPSA) is 41.0 Å². The van der Waals surface area contributed by atoms with Crippen LogP contribution in [0.3, 0.4) is 0 Å². The van der Waals surface area contributed by atoms with E-state index >= 15 is 0 Å². The maximum absolute atomic E-state index is 4.47. The molecule has 15 heavy (non-hydrogen) atoms. The summed E-state index contributed by atoms with van der Waals surface area (Å²) >= 11 is 0. The standard InChI is InChI=1S/C11H18N4/c1-4-9-5-11(14-8(2)13-9)15(3)10-6-12-7-10/h5,10,12H,4,6-7H2,1-3H3. The van der Waals surface area contributed by atoms with Crippen LogP contribution < -0.4 is 10.2 Å². The Morgan fingerprint density at radius 1 is 1.47 bits per heavy atom. The molecule has 0 aromatic carbocycles. The highest BCUT2D eigenvalue weighted by atomic mass is 15.3. The van der Waals surface area contributed by atoms with E-state index in [1.54, 1.807) is 0 Å². The van der Waals surface area contributed by atoms with E-state index in [4.69, 9.17) is 0 Å². The van der Waals surface area contributed by atoms with Gasteiger partial charge < -0.3 is 10.2 Å². The van der Waals surface area contributed by atoms with E-state index in [2.05, 4.69) is 40.2 Å². The summed E-state index contributed by atoms with van der Waals surface area (Å²) in [4.78, 5) is 11.1. The quantitative estimate of drug-likeness (QED) is 0.792. The molecule has 1 aliphatic rings. The molecule has 82 valence electrons. The Labute approximate surface area is 90.7 Å². The predicted octanol–water partition coefficient (Wildman–Crippen LogP) is 0.755. The van der Waals surface area contributed by atoms with Crippen molar-refractivity contribution < 1.29 is 0 Å². The lowest BCUT2D eigenvalue weighted by Crippen LogP contribution is -2.56. The molecule has 4 nitrogen and oxygen atoms in total. The van der Waals surface area contributed by atoms with Crippen molar-refractivity contribution in [2.75, 3.05) is 25.0 Å². The lowest BCUT2D eigenvalue weighted by Gasteiger charge is -2.36. The number of aromatic nitrogens is 2. The van der Waals surface area contributed by atoms with Crippen molar-refractivity contribution in [3.05, 3.63) is 17.6 Å². The van der Waals surface area contributed by atoms with Crippen molar-refractivity contribution in [3.8, 4) is 0 Å². The van der Waals surface area contributed by atoms with Crippen molar-refractivity contribution in [2.24, 2.45) is 0 Å². The van der Waals surface area contributed by atoms with Crippen LogP contribution in [0.15, 0.2) is 6.07 Å². The second-order valence-corrected chi connectivity index (χ2v) is 4.04. The molecule has 0 bridgehead atoms. The molecule has 1 fully saturated rings. The second-order valence-electron chi connectivity index (χ2n) is 4.04. The number of likely N-dealkylation sites (N-methyl/N-ethyl adjacent to an activating group) is 1. The summed E-state index contributed by atoms with van der Waals surface area (Å²) in [6.45, 7) is 6.19. The van der Waals surface area contributed by atoms with Gasteiger partial charge in [0, 0.05) is 31.9 Å². The Morgan fingerprint density at radius 2 is 2.20 bits per heavy atom. The van der Waals surface area contributed by atoms with E-state index in [0.29, 0.717) is 6.04 Å². The zero-order chi connectivity index (χ0) is 10.8. The molecule has 0 amide bonds. The number of hydrogen-bond acceptors (Lipinski definition) is 4. The van der Waals surface area contributed by atoms with Gasteiger partial charge in [0.05, 0.1) is 6.04 Å². The summed E-state index contributed by atoms with van der Waals surface area (Å²) in [5, 5.41) is 3.27. The van der Waals surface area contributed by atoms with Crippen molar-refractivity contribution in [2.45, 2.75) is 26.3 Å². The van der Waals surface area contributed by atoms with Crippen molar-refractivity contribution >= 4 is 5.82 Å². The van der Waals surface area contributed by atoms with E-state index < -0.39 is 0 Å². The minimum atomic E-state index is 0.587. The van der Waals surface area contributed by atoms with Crippen LogP contribution in [-0.4, -0.2) is 36.1 Å². The van der Waals surface area contributed by atoms with Gasteiger partial charge in [-0.1, -0.05) is 6.92 Å². The molecule has 1 aliphatic heterocycles. The van der Waals surface area contributed by atoms with Crippen molar-refractivity contribution in [1.82, 2.24) is 15.3 Å². The predicted molar refractivity (Wildman–Crippen MR) is 61.2 cm³/mol. The van der Waals surface area contributed by atoms with Crippen LogP contribution in [0, 0.1) is 6.92 Å². The van der Waals surface area contributed by atoms with E-state index in [-0.39, 0.29) is 0 Å². The third-order valence-electron chi connectivity index (χ3n) is 2.91. The molecule has 0 spiro atoms. The molecule has 1 aromatic heterocycles. The fourth-order valence-corrected chi connectivity index (χ4v) is 1.71. The molecule has 4 heteroatoms. The van der Waals surface area contributed by atoms with E-state index in [0.717, 1.165) is 36.8 Å². The van der Waals surface area contributed by atoms with E-state index in [1.165, 1.54) is 0 Å². The van der Waals surface area contributed by atoms with Gasteiger partial charge in [-0.05, 0) is 13.3 Å². The number of nitrogens with zero attached hydrogens (tertiary/aromatic N) is 3. The average molecular weight is 206 g/mol. The summed E-state index contributed by atoms with van der Waals surface area (Å²) in [5.41, 5.74) is 1.12. The monoisotopic (exact) mass is 206 g/mol. The summed E-state index contributed by atoms with van der Waals surface area (Å²) in [7, 11) is 2.10. The minimum Gasteiger partial charge on any atom is -0.354 e. The third-order valence-corrected chi connectivity index (χ3v) is 2.91. The molecular weight excluding hydrogens is 188 g/mol. The van der Waals surface area contributed by atoms with E-state index in [1.807, 2.05) is 6.92 Å². The van der Waals surface area contributed by atoms with Crippen LogP contribution >= 0.6 is 0 Å². The molecule has 2 rings (SSSR count). The first kappa shape index (κ1) is 10.4. The van der Waals surface area contributed by atoms with Gasteiger partial charge in [-0.25, -0.2) is 9.97 Å². The number of nitrogens with one attached hydrogen (secondary N) is 1. The largest absolute Gasteiger partial charge is 0.354 e. The average Bonchev–Trinajstić information content (AvgIpc) is 2.14. The third kappa shape index (κ3) is 2.09. The van der Waals surface area contributed by atoms with E-state index in [9.17, 15) is 0 Å². The molecule has 0 aliphatic carbocycles. The lowest BCUT2D eigenvalue weighted by molar-refractivity contribution is 0.426. The normalized spacial score (nSPS) is 16.2. The van der Waals surface area contributed by atoms with Crippen LogP contribution in [-0.2, 0) is 6.42 Å². The van der Waals surface area contributed by atoms with Crippen LogP contribution in [0.1, 0.15) is 18.4 Å². The lowest BCUT2D eigenvalue weighted by atomic mass is 10.1. The molecule has 0 radical (unpaired) electrons.